The van der Waals surface area contributed by atoms with E-state index in [-0.39, 0.29) is 34.9 Å². The highest BCUT2D eigenvalue weighted by atomic mass is 19.4. The van der Waals surface area contributed by atoms with E-state index in [2.05, 4.69) is 10.3 Å². The Balaban J connectivity index is 1.61. The molecule has 10 heteroatoms. The highest BCUT2D eigenvalue weighted by molar-refractivity contribution is 5.96. The summed E-state index contributed by atoms with van der Waals surface area (Å²) < 4.78 is 42.9. The fourth-order valence-electron chi connectivity index (χ4n) is 3.80. The van der Waals surface area contributed by atoms with Crippen molar-refractivity contribution in [2.24, 2.45) is 5.73 Å². The van der Waals surface area contributed by atoms with Crippen LogP contribution in [0.5, 0.6) is 5.75 Å². The van der Waals surface area contributed by atoms with Crippen LogP contribution in [0.2, 0.25) is 0 Å². The van der Waals surface area contributed by atoms with Gasteiger partial charge in [-0.25, -0.2) is 4.98 Å². The summed E-state index contributed by atoms with van der Waals surface area (Å²) in [6.07, 6.45) is -1.05. The number of aromatic hydroxyl groups is 1. The summed E-state index contributed by atoms with van der Waals surface area (Å²) in [5.74, 6) is -1.07. The van der Waals surface area contributed by atoms with Crippen molar-refractivity contribution in [3.05, 3.63) is 76.4 Å². The van der Waals surface area contributed by atoms with Crippen LogP contribution in [0.15, 0.2) is 42.7 Å². The molecule has 0 radical (unpaired) electrons. The minimum absolute atomic E-state index is 0.0727. The number of fused-ring (bicyclic) bond motifs is 1. The lowest BCUT2D eigenvalue weighted by Gasteiger charge is -2.17. The van der Waals surface area contributed by atoms with Gasteiger partial charge >= 0.3 is 6.18 Å². The average Bonchev–Trinajstić information content (AvgIpc) is 3.35. The summed E-state index contributed by atoms with van der Waals surface area (Å²) in [6.45, 7) is -0.149. The van der Waals surface area contributed by atoms with Gasteiger partial charge in [-0.15, -0.1) is 0 Å². The number of nitrogen functional groups attached to an aromatic ring is 1. The van der Waals surface area contributed by atoms with Gasteiger partial charge in [0.05, 0.1) is 23.3 Å². The number of rotatable bonds is 5. The SMILES string of the molecule is N=C(N)c1ccc(O)c(CNC(=O)c2ccc(-n3cnc4c3CCC4)c(C(F)(F)F)c2)c1. The van der Waals surface area contributed by atoms with Gasteiger partial charge in [0.15, 0.2) is 0 Å². The number of carbonyl (C=O) groups excluding carboxylic acids is 1. The number of amidine groups is 1. The van der Waals surface area contributed by atoms with Crippen LogP contribution in [0.1, 0.15) is 44.9 Å². The first-order valence-electron chi connectivity index (χ1n) is 9.86. The van der Waals surface area contributed by atoms with E-state index < -0.39 is 17.6 Å². The number of halogens is 3. The number of carbonyl (C=O) groups is 1. The molecule has 0 spiro atoms. The number of nitrogens with two attached hydrogens (primary N) is 1. The van der Waals surface area contributed by atoms with E-state index in [9.17, 15) is 23.1 Å². The Morgan fingerprint density at radius 1 is 1.19 bits per heavy atom. The van der Waals surface area contributed by atoms with Crippen molar-refractivity contribution in [3.8, 4) is 11.4 Å². The number of aryl methyl sites for hydroxylation is 1. The number of aromatic nitrogens is 2. The third-order valence-electron chi connectivity index (χ3n) is 5.43. The first kappa shape index (κ1) is 21.4. The number of phenols is 1. The number of amides is 1. The number of nitrogens with one attached hydrogen (secondary N) is 2. The first-order valence-corrected chi connectivity index (χ1v) is 9.86. The number of imidazole rings is 1. The van der Waals surface area contributed by atoms with Crippen LogP contribution in [0.4, 0.5) is 13.2 Å². The van der Waals surface area contributed by atoms with Gasteiger partial charge in [0, 0.05) is 28.9 Å². The molecule has 4 rings (SSSR count). The first-order chi connectivity index (χ1) is 15.1. The van der Waals surface area contributed by atoms with Crippen LogP contribution < -0.4 is 11.1 Å². The minimum Gasteiger partial charge on any atom is -0.508 e. The normalized spacial score (nSPS) is 13.1. The smallest absolute Gasteiger partial charge is 0.418 e. The van der Waals surface area contributed by atoms with E-state index in [1.807, 2.05) is 0 Å². The molecule has 1 aliphatic rings. The van der Waals surface area contributed by atoms with Crippen LogP contribution in [0, 0.1) is 5.41 Å². The Kier molecular flexibility index (Phi) is 5.37. The molecule has 0 atom stereocenters. The van der Waals surface area contributed by atoms with Gasteiger partial charge in [0.1, 0.15) is 11.6 Å². The Labute approximate surface area is 181 Å². The highest BCUT2D eigenvalue weighted by Crippen LogP contribution is 2.36. The molecule has 0 saturated heterocycles. The van der Waals surface area contributed by atoms with E-state index >= 15 is 0 Å². The minimum atomic E-state index is -4.67. The second-order valence-corrected chi connectivity index (χ2v) is 7.53. The molecular weight excluding hydrogens is 423 g/mol. The van der Waals surface area contributed by atoms with Crippen LogP contribution in [0.25, 0.3) is 5.69 Å². The molecule has 7 nitrogen and oxygen atoms in total. The van der Waals surface area contributed by atoms with E-state index in [0.717, 1.165) is 30.3 Å². The van der Waals surface area contributed by atoms with Crippen LogP contribution in [0.3, 0.4) is 0 Å². The number of hydrogen-bond acceptors (Lipinski definition) is 4. The van der Waals surface area contributed by atoms with E-state index in [1.165, 1.54) is 41.2 Å². The molecule has 1 heterocycles. The molecule has 1 amide bonds. The van der Waals surface area contributed by atoms with Crippen molar-refractivity contribution in [2.75, 3.05) is 0 Å². The summed E-state index contributed by atoms with van der Waals surface area (Å²) in [5, 5.41) is 19.9. The molecule has 0 bridgehead atoms. The maximum atomic E-state index is 13.8. The third kappa shape index (κ3) is 4.03. The molecule has 2 aromatic carbocycles. The lowest BCUT2D eigenvalue weighted by atomic mass is 10.1. The zero-order valence-electron chi connectivity index (χ0n) is 16.8. The van der Waals surface area contributed by atoms with Gasteiger partial charge in [-0.2, -0.15) is 13.2 Å². The maximum Gasteiger partial charge on any atom is 0.418 e. The topological polar surface area (TPSA) is 117 Å². The predicted octanol–water partition coefficient (Wildman–Crippen LogP) is 3.30. The number of nitrogens with zero attached hydrogens (tertiary/aromatic N) is 2. The fourth-order valence-corrected chi connectivity index (χ4v) is 3.80. The Hall–Kier alpha value is -3.82. The number of benzene rings is 2. The molecule has 5 N–H and O–H groups in total. The van der Waals surface area contributed by atoms with E-state index in [1.54, 1.807) is 0 Å². The third-order valence-corrected chi connectivity index (χ3v) is 5.43. The lowest BCUT2D eigenvalue weighted by molar-refractivity contribution is -0.137. The Morgan fingerprint density at radius 3 is 2.66 bits per heavy atom. The Morgan fingerprint density at radius 2 is 1.94 bits per heavy atom. The van der Waals surface area contributed by atoms with Crippen LogP contribution in [-0.4, -0.2) is 26.4 Å². The molecule has 0 unspecified atom stereocenters. The summed E-state index contributed by atoms with van der Waals surface area (Å²) in [5.41, 5.74) is 6.45. The summed E-state index contributed by atoms with van der Waals surface area (Å²) in [7, 11) is 0. The highest BCUT2D eigenvalue weighted by Gasteiger charge is 2.35. The zero-order valence-corrected chi connectivity index (χ0v) is 16.8. The molecular formula is C22H20F3N5O2. The number of phenolic OH excluding ortho intramolecular Hbond substituents is 1. The van der Waals surface area contributed by atoms with Crippen molar-refractivity contribution < 1.29 is 23.1 Å². The average molecular weight is 443 g/mol. The number of hydrogen-bond donors (Lipinski definition) is 4. The molecule has 166 valence electrons. The van der Waals surface area contributed by atoms with Gasteiger partial charge in [0.25, 0.3) is 5.91 Å². The van der Waals surface area contributed by atoms with Crippen LogP contribution in [-0.2, 0) is 25.6 Å². The van der Waals surface area contributed by atoms with Gasteiger partial charge in [-0.3, -0.25) is 10.2 Å². The van der Waals surface area contributed by atoms with Crippen molar-refractivity contribution in [1.82, 2.24) is 14.9 Å². The zero-order chi connectivity index (χ0) is 23.0. The molecule has 0 fully saturated rings. The molecule has 32 heavy (non-hydrogen) atoms. The standard InChI is InChI=1S/C22H20F3N5O2/c23-22(24,25)15-9-13(4-6-17(15)30-11-29-16-2-1-3-18(16)30)21(32)28-10-14-8-12(20(26)27)5-7-19(14)31/h4-9,11,31H,1-3,10H2,(H3,26,27)(H,28,32). The molecule has 0 saturated carbocycles. The second-order valence-electron chi connectivity index (χ2n) is 7.53. The van der Waals surface area contributed by atoms with Crippen molar-refractivity contribution in [3.63, 3.8) is 0 Å². The molecule has 1 aliphatic carbocycles. The predicted molar refractivity (Wildman–Crippen MR) is 111 cm³/mol. The van der Waals surface area contributed by atoms with Gasteiger partial charge in [-0.1, -0.05) is 0 Å². The fraction of sp³-hybridized carbons (Fsp3) is 0.227. The summed E-state index contributed by atoms with van der Waals surface area (Å²) in [6, 6.07) is 7.63. The quantitative estimate of drug-likeness (QED) is 0.358. The van der Waals surface area contributed by atoms with Crippen molar-refractivity contribution >= 4 is 11.7 Å². The monoisotopic (exact) mass is 443 g/mol. The van der Waals surface area contributed by atoms with Crippen LogP contribution >= 0.6 is 0 Å². The largest absolute Gasteiger partial charge is 0.508 e. The summed E-state index contributed by atoms with van der Waals surface area (Å²) >= 11 is 0. The molecule has 0 aliphatic heterocycles. The lowest BCUT2D eigenvalue weighted by Crippen LogP contribution is -2.24. The molecule has 1 aromatic heterocycles. The van der Waals surface area contributed by atoms with Gasteiger partial charge in [0.2, 0.25) is 0 Å². The summed E-state index contributed by atoms with van der Waals surface area (Å²) in [4.78, 5) is 16.8. The van der Waals surface area contributed by atoms with Gasteiger partial charge in [-0.05, 0) is 55.7 Å². The van der Waals surface area contributed by atoms with E-state index in [4.69, 9.17) is 11.1 Å². The number of alkyl halides is 3. The Bertz CT molecular complexity index is 1220. The maximum absolute atomic E-state index is 13.8. The van der Waals surface area contributed by atoms with Crippen molar-refractivity contribution in [2.45, 2.75) is 32.0 Å². The van der Waals surface area contributed by atoms with E-state index in [0.29, 0.717) is 12.0 Å². The van der Waals surface area contributed by atoms with Gasteiger partial charge < -0.3 is 20.7 Å². The molecule has 3 aromatic rings. The van der Waals surface area contributed by atoms with Crippen molar-refractivity contribution in [1.29, 1.82) is 5.41 Å². The second kappa shape index (κ2) is 8.03.